The molecular formula is C16H24BrNO. The van der Waals surface area contributed by atoms with Crippen LogP contribution in [0.4, 0.5) is 0 Å². The number of rotatable bonds is 5. The number of halogens is 1. The Morgan fingerprint density at radius 1 is 1.32 bits per heavy atom. The molecule has 1 fully saturated rings. The molecule has 1 saturated heterocycles. The normalized spacial score (nSPS) is 18.5. The Morgan fingerprint density at radius 2 is 2.05 bits per heavy atom. The molecule has 1 atom stereocenters. The maximum atomic E-state index is 5.50. The van der Waals surface area contributed by atoms with Gasteiger partial charge in [0.15, 0.2) is 0 Å². The lowest BCUT2D eigenvalue weighted by Crippen LogP contribution is -2.32. The maximum absolute atomic E-state index is 5.50. The average molecular weight is 326 g/mol. The molecule has 1 aromatic rings. The van der Waals surface area contributed by atoms with Gasteiger partial charge in [0.25, 0.3) is 0 Å². The van der Waals surface area contributed by atoms with E-state index in [9.17, 15) is 0 Å². The fourth-order valence-corrected chi connectivity index (χ4v) is 3.48. The Labute approximate surface area is 125 Å². The summed E-state index contributed by atoms with van der Waals surface area (Å²) in [5, 5.41) is 3.73. The van der Waals surface area contributed by atoms with Gasteiger partial charge in [0.2, 0.25) is 0 Å². The zero-order valence-corrected chi connectivity index (χ0v) is 13.5. The van der Waals surface area contributed by atoms with E-state index < -0.39 is 0 Å². The number of benzene rings is 1. The molecule has 19 heavy (non-hydrogen) atoms. The second-order valence-electron chi connectivity index (χ2n) is 5.44. The van der Waals surface area contributed by atoms with Gasteiger partial charge < -0.3 is 10.1 Å². The van der Waals surface area contributed by atoms with E-state index in [0.29, 0.717) is 12.0 Å². The van der Waals surface area contributed by atoms with E-state index in [1.165, 1.54) is 22.0 Å². The van der Waals surface area contributed by atoms with Gasteiger partial charge in [-0.05, 0) is 61.9 Å². The number of hydrogen-bond acceptors (Lipinski definition) is 2. The van der Waals surface area contributed by atoms with Gasteiger partial charge in [0.05, 0.1) is 0 Å². The van der Waals surface area contributed by atoms with Crippen molar-refractivity contribution in [2.45, 2.75) is 39.2 Å². The Hall–Kier alpha value is -0.380. The van der Waals surface area contributed by atoms with Crippen LogP contribution in [0.5, 0.6) is 0 Å². The average Bonchev–Trinajstić information content (AvgIpc) is 2.39. The Bertz CT molecular complexity index is 381. The van der Waals surface area contributed by atoms with Gasteiger partial charge in [-0.1, -0.05) is 28.9 Å². The second-order valence-corrected chi connectivity index (χ2v) is 6.36. The molecule has 1 aromatic carbocycles. The standard InChI is InChI=1S/C16H24BrNO/c1-3-6-18-16(13-4-7-19-8-5-13)14-9-12(2)10-15(17)11-14/h9-11,13,16,18H,3-8H2,1-2H3. The van der Waals surface area contributed by atoms with Gasteiger partial charge in [-0.3, -0.25) is 0 Å². The number of nitrogens with one attached hydrogen (secondary N) is 1. The molecule has 3 heteroatoms. The van der Waals surface area contributed by atoms with E-state index >= 15 is 0 Å². The van der Waals surface area contributed by atoms with Crippen LogP contribution in [0.3, 0.4) is 0 Å². The Kier molecular flexibility index (Phi) is 5.86. The zero-order valence-electron chi connectivity index (χ0n) is 11.9. The summed E-state index contributed by atoms with van der Waals surface area (Å²) >= 11 is 3.62. The van der Waals surface area contributed by atoms with Gasteiger partial charge in [0.1, 0.15) is 0 Å². The van der Waals surface area contributed by atoms with Gasteiger partial charge >= 0.3 is 0 Å². The van der Waals surface area contributed by atoms with Crippen molar-refractivity contribution >= 4 is 15.9 Å². The fraction of sp³-hybridized carbons (Fsp3) is 0.625. The van der Waals surface area contributed by atoms with Crippen LogP contribution in [0, 0.1) is 12.8 Å². The van der Waals surface area contributed by atoms with E-state index in [4.69, 9.17) is 4.74 Å². The predicted molar refractivity (Wildman–Crippen MR) is 83.5 cm³/mol. The van der Waals surface area contributed by atoms with E-state index in [1.807, 2.05) is 0 Å². The Morgan fingerprint density at radius 3 is 2.68 bits per heavy atom. The number of hydrogen-bond donors (Lipinski definition) is 1. The van der Waals surface area contributed by atoms with E-state index in [0.717, 1.165) is 32.6 Å². The highest BCUT2D eigenvalue weighted by molar-refractivity contribution is 9.10. The molecule has 1 aliphatic rings. The highest BCUT2D eigenvalue weighted by Gasteiger charge is 2.25. The van der Waals surface area contributed by atoms with Crippen LogP contribution in [0.2, 0.25) is 0 Å². The van der Waals surface area contributed by atoms with Crippen LogP contribution in [0.1, 0.15) is 43.4 Å². The third-order valence-electron chi connectivity index (χ3n) is 3.78. The first kappa shape index (κ1) is 15.0. The van der Waals surface area contributed by atoms with Gasteiger partial charge in [-0.2, -0.15) is 0 Å². The first-order valence-corrected chi connectivity index (χ1v) is 8.08. The maximum Gasteiger partial charge on any atom is 0.0469 e. The van der Waals surface area contributed by atoms with Gasteiger partial charge in [-0.25, -0.2) is 0 Å². The Balaban J connectivity index is 2.19. The molecule has 0 aliphatic carbocycles. The van der Waals surface area contributed by atoms with Gasteiger partial charge in [0, 0.05) is 23.7 Å². The first-order valence-electron chi connectivity index (χ1n) is 7.29. The molecule has 0 aromatic heterocycles. The monoisotopic (exact) mass is 325 g/mol. The molecule has 1 N–H and O–H groups in total. The number of ether oxygens (including phenoxy) is 1. The molecule has 0 spiro atoms. The summed E-state index contributed by atoms with van der Waals surface area (Å²) in [5.41, 5.74) is 2.73. The summed E-state index contributed by atoms with van der Waals surface area (Å²) in [5.74, 6) is 0.689. The largest absolute Gasteiger partial charge is 0.381 e. The van der Waals surface area contributed by atoms with Crippen molar-refractivity contribution in [2.75, 3.05) is 19.8 Å². The third kappa shape index (κ3) is 4.30. The van der Waals surface area contributed by atoms with Crippen molar-refractivity contribution in [1.82, 2.24) is 5.32 Å². The fourth-order valence-electron chi connectivity index (χ4n) is 2.85. The molecule has 1 heterocycles. The van der Waals surface area contributed by atoms with Crippen molar-refractivity contribution in [2.24, 2.45) is 5.92 Å². The van der Waals surface area contributed by atoms with Crippen molar-refractivity contribution in [3.63, 3.8) is 0 Å². The van der Waals surface area contributed by atoms with E-state index in [-0.39, 0.29) is 0 Å². The van der Waals surface area contributed by atoms with Crippen molar-refractivity contribution in [1.29, 1.82) is 0 Å². The third-order valence-corrected chi connectivity index (χ3v) is 4.23. The summed E-state index contributed by atoms with van der Waals surface area (Å²) < 4.78 is 6.68. The molecule has 0 amide bonds. The van der Waals surface area contributed by atoms with Crippen molar-refractivity contribution in [3.05, 3.63) is 33.8 Å². The molecule has 1 aliphatic heterocycles. The lowest BCUT2D eigenvalue weighted by atomic mass is 9.86. The summed E-state index contributed by atoms with van der Waals surface area (Å²) in [6.45, 7) is 7.27. The van der Waals surface area contributed by atoms with Crippen LogP contribution >= 0.6 is 15.9 Å². The van der Waals surface area contributed by atoms with Crippen LogP contribution in [-0.4, -0.2) is 19.8 Å². The second kappa shape index (κ2) is 7.41. The molecular weight excluding hydrogens is 302 g/mol. The molecule has 0 bridgehead atoms. The molecule has 0 radical (unpaired) electrons. The van der Waals surface area contributed by atoms with E-state index in [2.05, 4.69) is 53.3 Å². The summed E-state index contributed by atoms with van der Waals surface area (Å²) in [6.07, 6.45) is 3.49. The zero-order chi connectivity index (χ0) is 13.7. The van der Waals surface area contributed by atoms with Crippen LogP contribution in [-0.2, 0) is 4.74 Å². The highest BCUT2D eigenvalue weighted by Crippen LogP contribution is 2.32. The van der Waals surface area contributed by atoms with Gasteiger partial charge in [-0.15, -0.1) is 0 Å². The van der Waals surface area contributed by atoms with Crippen molar-refractivity contribution < 1.29 is 4.74 Å². The lowest BCUT2D eigenvalue weighted by Gasteiger charge is -2.32. The topological polar surface area (TPSA) is 21.3 Å². The minimum atomic E-state index is 0.458. The highest BCUT2D eigenvalue weighted by atomic mass is 79.9. The summed E-state index contributed by atoms with van der Waals surface area (Å²) in [4.78, 5) is 0. The SMILES string of the molecule is CCCNC(c1cc(C)cc(Br)c1)C1CCOCC1. The minimum absolute atomic E-state index is 0.458. The predicted octanol–water partition coefficient (Wildman–Crippen LogP) is 4.22. The molecule has 2 rings (SSSR count). The first-order chi connectivity index (χ1) is 9.20. The quantitative estimate of drug-likeness (QED) is 0.874. The molecule has 106 valence electrons. The minimum Gasteiger partial charge on any atom is -0.381 e. The van der Waals surface area contributed by atoms with Crippen LogP contribution in [0.15, 0.2) is 22.7 Å². The van der Waals surface area contributed by atoms with E-state index in [1.54, 1.807) is 0 Å². The number of aryl methyl sites for hydroxylation is 1. The summed E-state index contributed by atoms with van der Waals surface area (Å²) in [6, 6.07) is 7.20. The smallest absolute Gasteiger partial charge is 0.0469 e. The summed E-state index contributed by atoms with van der Waals surface area (Å²) in [7, 11) is 0. The lowest BCUT2D eigenvalue weighted by molar-refractivity contribution is 0.0536. The molecule has 0 saturated carbocycles. The van der Waals surface area contributed by atoms with Crippen LogP contribution in [0.25, 0.3) is 0 Å². The molecule has 1 unspecified atom stereocenters. The molecule has 2 nitrogen and oxygen atoms in total. The van der Waals surface area contributed by atoms with Crippen molar-refractivity contribution in [3.8, 4) is 0 Å². The van der Waals surface area contributed by atoms with Crippen LogP contribution < -0.4 is 5.32 Å².